The smallest absolute Gasteiger partial charge is 0.0457 e. The summed E-state index contributed by atoms with van der Waals surface area (Å²) in [5, 5.41) is 5.57. The number of halogens is 1. The summed E-state index contributed by atoms with van der Waals surface area (Å²) in [6.45, 7) is 2.32. The Labute approximate surface area is 106 Å². The average molecular weight is 249 g/mol. The van der Waals surface area contributed by atoms with Crippen LogP contribution in [0.25, 0.3) is 10.9 Å². The van der Waals surface area contributed by atoms with Crippen LogP contribution in [0.15, 0.2) is 24.4 Å². The quantitative estimate of drug-likeness (QED) is 0.838. The van der Waals surface area contributed by atoms with E-state index < -0.39 is 0 Å². The molecule has 1 aromatic carbocycles. The van der Waals surface area contributed by atoms with Gasteiger partial charge in [-0.3, -0.25) is 0 Å². The molecule has 0 spiro atoms. The Morgan fingerprint density at radius 3 is 3.12 bits per heavy atom. The molecule has 1 saturated heterocycles. The fourth-order valence-electron chi connectivity index (χ4n) is 2.73. The second kappa shape index (κ2) is 4.71. The average Bonchev–Trinajstić information content (AvgIpc) is 2.73. The molecule has 0 bridgehead atoms. The molecule has 0 amide bonds. The van der Waals surface area contributed by atoms with Gasteiger partial charge in [-0.25, -0.2) is 0 Å². The standard InChI is InChI=1S/C14H17ClN2/c15-12-3-4-14-13(7-12)11(9-17-14)6-10-2-1-5-16-8-10/h3-4,7,9-10,16-17H,1-2,5-6,8H2. The number of nitrogens with one attached hydrogen (secondary N) is 2. The van der Waals surface area contributed by atoms with Crippen molar-refractivity contribution in [2.45, 2.75) is 19.3 Å². The molecule has 2 aromatic rings. The molecule has 17 heavy (non-hydrogen) atoms. The number of aromatic amines is 1. The monoisotopic (exact) mass is 248 g/mol. The zero-order chi connectivity index (χ0) is 11.7. The number of rotatable bonds is 2. The minimum atomic E-state index is 0.765. The van der Waals surface area contributed by atoms with Gasteiger partial charge in [-0.2, -0.15) is 0 Å². The molecule has 2 heterocycles. The molecule has 1 atom stereocenters. The maximum atomic E-state index is 6.06. The minimum Gasteiger partial charge on any atom is -0.361 e. The van der Waals surface area contributed by atoms with E-state index in [1.165, 1.54) is 35.9 Å². The first-order valence-corrected chi connectivity index (χ1v) is 6.67. The predicted molar refractivity (Wildman–Crippen MR) is 72.6 cm³/mol. The number of hydrogen-bond acceptors (Lipinski definition) is 1. The van der Waals surface area contributed by atoms with Crippen molar-refractivity contribution in [2.75, 3.05) is 13.1 Å². The van der Waals surface area contributed by atoms with Crippen molar-refractivity contribution in [2.24, 2.45) is 5.92 Å². The van der Waals surface area contributed by atoms with E-state index in [4.69, 9.17) is 11.6 Å². The fraction of sp³-hybridized carbons (Fsp3) is 0.429. The van der Waals surface area contributed by atoms with Crippen molar-refractivity contribution >= 4 is 22.5 Å². The van der Waals surface area contributed by atoms with Crippen LogP contribution in [0.1, 0.15) is 18.4 Å². The lowest BCUT2D eigenvalue weighted by atomic mass is 9.92. The topological polar surface area (TPSA) is 27.8 Å². The Kier molecular flexibility index (Phi) is 3.08. The van der Waals surface area contributed by atoms with Crippen molar-refractivity contribution in [3.8, 4) is 0 Å². The highest BCUT2D eigenvalue weighted by Gasteiger charge is 2.15. The molecule has 2 N–H and O–H groups in total. The summed E-state index contributed by atoms with van der Waals surface area (Å²) in [4.78, 5) is 3.33. The zero-order valence-electron chi connectivity index (χ0n) is 9.80. The second-order valence-electron chi connectivity index (χ2n) is 4.92. The van der Waals surface area contributed by atoms with Crippen molar-refractivity contribution in [3.63, 3.8) is 0 Å². The van der Waals surface area contributed by atoms with E-state index in [-0.39, 0.29) is 0 Å². The normalized spacial score (nSPS) is 20.9. The Morgan fingerprint density at radius 1 is 1.35 bits per heavy atom. The largest absolute Gasteiger partial charge is 0.361 e. The number of H-pyrrole nitrogens is 1. The third kappa shape index (κ3) is 2.33. The molecule has 1 aliphatic heterocycles. The van der Waals surface area contributed by atoms with Gasteiger partial charge in [0.1, 0.15) is 0 Å². The zero-order valence-corrected chi connectivity index (χ0v) is 10.6. The molecule has 2 nitrogen and oxygen atoms in total. The van der Waals surface area contributed by atoms with Crippen LogP contribution in [0.4, 0.5) is 0 Å². The molecule has 1 fully saturated rings. The van der Waals surface area contributed by atoms with E-state index in [0.717, 1.165) is 23.9 Å². The van der Waals surface area contributed by atoms with E-state index in [9.17, 15) is 0 Å². The van der Waals surface area contributed by atoms with Gasteiger partial charge in [0.25, 0.3) is 0 Å². The number of aromatic nitrogens is 1. The summed E-state index contributed by atoms with van der Waals surface area (Å²) in [7, 11) is 0. The third-order valence-corrected chi connectivity index (χ3v) is 3.87. The van der Waals surface area contributed by atoms with Gasteiger partial charge in [0.2, 0.25) is 0 Å². The molecule has 1 unspecified atom stereocenters. The van der Waals surface area contributed by atoms with Crippen LogP contribution in [0.5, 0.6) is 0 Å². The Hall–Kier alpha value is -0.990. The summed E-state index contributed by atoms with van der Waals surface area (Å²) in [5.74, 6) is 0.765. The maximum Gasteiger partial charge on any atom is 0.0457 e. The lowest BCUT2D eigenvalue weighted by molar-refractivity contribution is 0.377. The number of hydrogen-bond donors (Lipinski definition) is 2. The van der Waals surface area contributed by atoms with Gasteiger partial charge in [0.15, 0.2) is 0 Å². The second-order valence-corrected chi connectivity index (χ2v) is 5.36. The van der Waals surface area contributed by atoms with Crippen LogP contribution in [-0.4, -0.2) is 18.1 Å². The van der Waals surface area contributed by atoms with Gasteiger partial charge < -0.3 is 10.3 Å². The molecule has 3 heteroatoms. The van der Waals surface area contributed by atoms with Crippen LogP contribution in [0, 0.1) is 5.92 Å². The van der Waals surface area contributed by atoms with Crippen LogP contribution in [0.2, 0.25) is 5.02 Å². The van der Waals surface area contributed by atoms with Crippen LogP contribution in [-0.2, 0) is 6.42 Å². The lowest BCUT2D eigenvalue weighted by Crippen LogP contribution is -2.30. The van der Waals surface area contributed by atoms with Gasteiger partial charge in [0, 0.05) is 22.1 Å². The van der Waals surface area contributed by atoms with E-state index in [2.05, 4.69) is 28.6 Å². The molecule has 0 saturated carbocycles. The van der Waals surface area contributed by atoms with E-state index in [0.29, 0.717) is 0 Å². The van der Waals surface area contributed by atoms with Gasteiger partial charge in [-0.1, -0.05) is 11.6 Å². The SMILES string of the molecule is Clc1ccc2[nH]cc(CC3CCCNC3)c2c1. The summed E-state index contributed by atoms with van der Waals surface area (Å²) >= 11 is 6.06. The summed E-state index contributed by atoms with van der Waals surface area (Å²) in [6.07, 6.45) is 5.91. The van der Waals surface area contributed by atoms with E-state index in [1.807, 2.05) is 6.07 Å². The highest BCUT2D eigenvalue weighted by Crippen LogP contribution is 2.26. The third-order valence-electron chi connectivity index (χ3n) is 3.64. The fourth-order valence-corrected chi connectivity index (χ4v) is 2.90. The summed E-state index contributed by atoms with van der Waals surface area (Å²) in [6, 6.07) is 6.06. The van der Waals surface area contributed by atoms with Crippen LogP contribution < -0.4 is 5.32 Å². The lowest BCUT2D eigenvalue weighted by Gasteiger charge is -2.22. The van der Waals surface area contributed by atoms with Crippen molar-refractivity contribution < 1.29 is 0 Å². The first-order chi connectivity index (χ1) is 8.33. The molecule has 90 valence electrons. The minimum absolute atomic E-state index is 0.765. The Morgan fingerprint density at radius 2 is 2.29 bits per heavy atom. The Bertz CT molecular complexity index is 512. The van der Waals surface area contributed by atoms with Crippen molar-refractivity contribution in [1.29, 1.82) is 0 Å². The molecule has 3 rings (SSSR count). The predicted octanol–water partition coefficient (Wildman–Crippen LogP) is 3.36. The molecular weight excluding hydrogens is 232 g/mol. The van der Waals surface area contributed by atoms with Crippen molar-refractivity contribution in [1.82, 2.24) is 10.3 Å². The van der Waals surface area contributed by atoms with Crippen LogP contribution in [0.3, 0.4) is 0 Å². The molecule has 0 aliphatic carbocycles. The van der Waals surface area contributed by atoms with Crippen LogP contribution >= 0.6 is 11.6 Å². The molecule has 0 radical (unpaired) electrons. The van der Waals surface area contributed by atoms with Gasteiger partial charge in [-0.05, 0) is 62.0 Å². The highest BCUT2D eigenvalue weighted by molar-refractivity contribution is 6.31. The van der Waals surface area contributed by atoms with Gasteiger partial charge in [-0.15, -0.1) is 0 Å². The first-order valence-electron chi connectivity index (χ1n) is 6.29. The molecule has 1 aromatic heterocycles. The highest BCUT2D eigenvalue weighted by atomic mass is 35.5. The Balaban J connectivity index is 1.86. The summed E-state index contributed by atoms with van der Waals surface area (Å²) in [5.41, 5.74) is 2.59. The van der Waals surface area contributed by atoms with E-state index >= 15 is 0 Å². The maximum absolute atomic E-state index is 6.06. The summed E-state index contributed by atoms with van der Waals surface area (Å²) < 4.78 is 0. The van der Waals surface area contributed by atoms with Gasteiger partial charge >= 0.3 is 0 Å². The number of benzene rings is 1. The van der Waals surface area contributed by atoms with E-state index in [1.54, 1.807) is 0 Å². The van der Waals surface area contributed by atoms with Gasteiger partial charge in [0.05, 0.1) is 0 Å². The molecule has 1 aliphatic rings. The first kappa shape index (κ1) is 11.1. The number of fused-ring (bicyclic) bond motifs is 1. The number of piperidine rings is 1. The van der Waals surface area contributed by atoms with Crippen molar-refractivity contribution in [3.05, 3.63) is 35.0 Å². The molecular formula is C14H17ClN2.